The van der Waals surface area contributed by atoms with Gasteiger partial charge in [0.25, 0.3) is 5.91 Å². The van der Waals surface area contributed by atoms with Gasteiger partial charge >= 0.3 is 0 Å². The second kappa shape index (κ2) is 9.96. The largest absolute Gasteiger partial charge is 0.447 e. The lowest BCUT2D eigenvalue weighted by Crippen LogP contribution is -2.48. The van der Waals surface area contributed by atoms with E-state index in [0.717, 1.165) is 44.6 Å². The normalized spacial score (nSPS) is 16.7. The minimum absolute atomic E-state index is 0.126. The summed E-state index contributed by atoms with van der Waals surface area (Å²) in [4.78, 5) is 21.1. The smallest absolute Gasteiger partial charge is 0.277 e. The molecule has 0 radical (unpaired) electrons. The summed E-state index contributed by atoms with van der Waals surface area (Å²) in [5.41, 5.74) is 1.10. The summed E-state index contributed by atoms with van der Waals surface area (Å²) in [7, 11) is 0. The van der Waals surface area contributed by atoms with Gasteiger partial charge in [-0.05, 0) is 31.0 Å². The van der Waals surface area contributed by atoms with Crippen LogP contribution in [0.2, 0.25) is 0 Å². The summed E-state index contributed by atoms with van der Waals surface area (Å²) in [5.74, 6) is -0.534. The third-order valence-electron chi connectivity index (χ3n) is 5.07. The lowest BCUT2D eigenvalue weighted by atomic mass is 10.2. The molecule has 2 heterocycles. The fraction of sp³-hybridized carbons (Fsp3) is 0.524. The van der Waals surface area contributed by atoms with Crippen LogP contribution in [0, 0.1) is 12.7 Å². The van der Waals surface area contributed by atoms with Crippen LogP contribution < -0.4 is 5.32 Å². The van der Waals surface area contributed by atoms with Crippen LogP contribution in [-0.2, 0) is 6.54 Å². The second-order valence-corrected chi connectivity index (χ2v) is 7.58. The van der Waals surface area contributed by atoms with E-state index in [9.17, 15) is 14.3 Å². The molecule has 1 fully saturated rings. The molecule has 1 aliphatic rings. The van der Waals surface area contributed by atoms with E-state index >= 15 is 0 Å². The van der Waals surface area contributed by atoms with Crippen molar-refractivity contribution < 1.29 is 18.7 Å². The lowest BCUT2D eigenvalue weighted by molar-refractivity contribution is 0.0634. The van der Waals surface area contributed by atoms with Crippen molar-refractivity contribution in [1.29, 1.82) is 0 Å². The minimum Gasteiger partial charge on any atom is -0.447 e. The number of hydrogen-bond donors (Lipinski definition) is 2. The van der Waals surface area contributed by atoms with E-state index in [1.165, 1.54) is 12.3 Å². The predicted molar refractivity (Wildman–Crippen MR) is 108 cm³/mol. The molecule has 0 unspecified atom stereocenters. The lowest BCUT2D eigenvalue weighted by Gasteiger charge is -2.34. The Kier molecular flexibility index (Phi) is 7.35. The molecule has 8 heteroatoms. The summed E-state index contributed by atoms with van der Waals surface area (Å²) >= 11 is 0. The number of aliphatic hydroxyl groups excluding tert-OH is 1. The van der Waals surface area contributed by atoms with Crippen LogP contribution in [0.4, 0.5) is 10.1 Å². The number of anilines is 1. The van der Waals surface area contributed by atoms with E-state index in [1.54, 1.807) is 12.1 Å². The summed E-state index contributed by atoms with van der Waals surface area (Å²) in [6.07, 6.45) is 2.85. The fourth-order valence-electron chi connectivity index (χ4n) is 3.45. The number of nitrogens with one attached hydrogen (secondary N) is 1. The van der Waals surface area contributed by atoms with Crippen molar-refractivity contribution >= 4 is 11.6 Å². The zero-order chi connectivity index (χ0) is 20.8. The first-order valence-corrected chi connectivity index (χ1v) is 10.1. The highest BCUT2D eigenvalue weighted by Gasteiger charge is 2.21. The molecule has 2 aromatic rings. The van der Waals surface area contributed by atoms with Gasteiger partial charge in [0.15, 0.2) is 5.69 Å². The van der Waals surface area contributed by atoms with Crippen molar-refractivity contribution in [2.24, 2.45) is 0 Å². The van der Waals surface area contributed by atoms with Crippen LogP contribution in [0.3, 0.4) is 0 Å². The fourth-order valence-corrected chi connectivity index (χ4v) is 3.45. The molecule has 29 heavy (non-hydrogen) atoms. The molecule has 0 spiro atoms. The average Bonchev–Trinajstić information content (AvgIpc) is 3.15. The van der Waals surface area contributed by atoms with Crippen molar-refractivity contribution in [2.75, 3.05) is 38.0 Å². The number of aryl methyl sites for hydroxylation is 1. The maximum absolute atomic E-state index is 13.8. The van der Waals surface area contributed by atoms with E-state index in [4.69, 9.17) is 4.42 Å². The Balaban J connectivity index is 1.49. The van der Waals surface area contributed by atoms with Gasteiger partial charge in [-0.15, -0.1) is 0 Å². The first kappa shape index (κ1) is 21.4. The second-order valence-electron chi connectivity index (χ2n) is 7.58. The Morgan fingerprint density at radius 2 is 2.03 bits per heavy atom. The van der Waals surface area contributed by atoms with E-state index in [-0.39, 0.29) is 17.5 Å². The molecular formula is C21H29FN4O3. The molecule has 2 N–H and O–H groups in total. The molecule has 158 valence electrons. The third kappa shape index (κ3) is 6.09. The molecule has 3 rings (SSSR count). The van der Waals surface area contributed by atoms with Crippen LogP contribution in [0.25, 0.3) is 0 Å². The van der Waals surface area contributed by atoms with Gasteiger partial charge in [0.1, 0.15) is 12.1 Å². The molecule has 1 amide bonds. The van der Waals surface area contributed by atoms with Crippen LogP contribution in [0.15, 0.2) is 28.9 Å². The summed E-state index contributed by atoms with van der Waals surface area (Å²) in [5, 5.41) is 12.5. The zero-order valence-corrected chi connectivity index (χ0v) is 17.0. The van der Waals surface area contributed by atoms with Gasteiger partial charge in [-0.1, -0.05) is 19.4 Å². The van der Waals surface area contributed by atoms with Crippen LogP contribution in [0.5, 0.6) is 0 Å². The molecule has 1 aliphatic heterocycles. The van der Waals surface area contributed by atoms with E-state index in [0.29, 0.717) is 19.0 Å². The number of nitrogens with zero attached hydrogens (tertiary/aromatic N) is 3. The Bertz CT molecular complexity index is 818. The SMILES string of the molecule is CCC[C@@H](O)CN1CCN(Cc2nc(C(=O)Nc3cc(C)ccc3F)co2)CC1. The van der Waals surface area contributed by atoms with Gasteiger partial charge in [-0.2, -0.15) is 0 Å². The number of aliphatic hydroxyl groups is 1. The Hall–Kier alpha value is -2.29. The topological polar surface area (TPSA) is 81.8 Å². The van der Waals surface area contributed by atoms with Crippen molar-refractivity contribution in [1.82, 2.24) is 14.8 Å². The summed E-state index contributed by atoms with van der Waals surface area (Å²) in [6.45, 7) is 8.56. The molecule has 0 aliphatic carbocycles. The molecule has 1 saturated heterocycles. The van der Waals surface area contributed by atoms with Crippen molar-refractivity contribution in [3.8, 4) is 0 Å². The molecule has 0 saturated carbocycles. The van der Waals surface area contributed by atoms with Gasteiger partial charge in [-0.25, -0.2) is 9.37 Å². The molecule has 1 aromatic carbocycles. The Morgan fingerprint density at radius 3 is 2.76 bits per heavy atom. The number of piperazine rings is 1. The Labute approximate surface area is 170 Å². The highest BCUT2D eigenvalue weighted by Crippen LogP contribution is 2.17. The number of amides is 1. The number of rotatable bonds is 8. The van der Waals surface area contributed by atoms with Crippen molar-refractivity contribution in [3.63, 3.8) is 0 Å². The maximum atomic E-state index is 13.8. The van der Waals surface area contributed by atoms with E-state index in [1.807, 2.05) is 6.92 Å². The van der Waals surface area contributed by atoms with Crippen LogP contribution in [-0.4, -0.2) is 64.6 Å². The standard InChI is InChI=1S/C21H29FN4O3/c1-3-4-16(27)12-25-7-9-26(10-8-25)13-20-23-19(14-29-20)21(28)24-18-11-15(2)5-6-17(18)22/h5-6,11,14,16,27H,3-4,7-10,12-13H2,1-2H3,(H,24,28)/t16-/m1/s1. The van der Waals surface area contributed by atoms with Gasteiger partial charge in [0.05, 0.1) is 18.3 Å². The number of carbonyl (C=O) groups is 1. The number of benzene rings is 1. The number of β-amino-alcohol motifs (C(OH)–C–C–N with tert-alkyl or cyclic N) is 1. The maximum Gasteiger partial charge on any atom is 0.277 e. The first-order valence-electron chi connectivity index (χ1n) is 10.1. The summed E-state index contributed by atoms with van der Waals surface area (Å²) in [6, 6.07) is 4.54. The highest BCUT2D eigenvalue weighted by atomic mass is 19.1. The molecule has 7 nitrogen and oxygen atoms in total. The molecule has 1 aromatic heterocycles. The van der Waals surface area contributed by atoms with Gasteiger partial charge in [0, 0.05) is 32.7 Å². The Morgan fingerprint density at radius 1 is 1.31 bits per heavy atom. The first-order chi connectivity index (χ1) is 13.9. The van der Waals surface area contributed by atoms with Crippen LogP contribution >= 0.6 is 0 Å². The number of halogens is 1. The zero-order valence-electron chi connectivity index (χ0n) is 17.0. The number of aromatic nitrogens is 1. The highest BCUT2D eigenvalue weighted by molar-refractivity contribution is 6.02. The van der Waals surface area contributed by atoms with Crippen molar-refractivity contribution in [3.05, 3.63) is 47.4 Å². The quantitative estimate of drug-likeness (QED) is 0.704. The molecule has 0 bridgehead atoms. The molecule has 1 atom stereocenters. The third-order valence-corrected chi connectivity index (χ3v) is 5.07. The van der Waals surface area contributed by atoms with Crippen LogP contribution in [0.1, 0.15) is 41.7 Å². The van der Waals surface area contributed by atoms with Crippen molar-refractivity contribution in [2.45, 2.75) is 39.3 Å². The summed E-state index contributed by atoms with van der Waals surface area (Å²) < 4.78 is 19.3. The van der Waals surface area contributed by atoms with E-state index in [2.05, 4.69) is 27.0 Å². The van der Waals surface area contributed by atoms with Gasteiger partial charge in [0.2, 0.25) is 5.89 Å². The minimum atomic E-state index is -0.501. The van der Waals surface area contributed by atoms with Gasteiger partial charge in [-0.3, -0.25) is 14.6 Å². The average molecular weight is 404 g/mol. The van der Waals surface area contributed by atoms with Gasteiger partial charge < -0.3 is 14.8 Å². The number of carbonyl (C=O) groups excluding carboxylic acids is 1. The van der Waals surface area contributed by atoms with E-state index < -0.39 is 11.7 Å². The number of oxazole rings is 1. The monoisotopic (exact) mass is 404 g/mol. The number of hydrogen-bond acceptors (Lipinski definition) is 6. The molecular weight excluding hydrogens is 375 g/mol. The predicted octanol–water partition coefficient (Wildman–Crippen LogP) is 2.65.